The lowest BCUT2D eigenvalue weighted by atomic mass is 10.2. The zero-order chi connectivity index (χ0) is 9.42. The first-order valence-corrected chi connectivity index (χ1v) is 5.13. The van der Waals surface area contributed by atoms with Crippen molar-refractivity contribution < 1.29 is 0 Å². The van der Waals surface area contributed by atoms with E-state index in [1.807, 2.05) is 18.2 Å². The molecule has 0 fully saturated rings. The molecule has 0 amide bonds. The first-order chi connectivity index (χ1) is 6.20. The van der Waals surface area contributed by atoms with E-state index in [-0.39, 0.29) is 0 Å². The molecule has 0 spiro atoms. The summed E-state index contributed by atoms with van der Waals surface area (Å²) < 4.78 is 0.865. The minimum Gasteiger partial charge on any atom is -0.244 e. The van der Waals surface area contributed by atoms with E-state index in [4.69, 9.17) is 23.2 Å². The molecule has 1 heterocycles. The predicted octanol–water partition coefficient (Wildman–Crippen LogP) is 4.30. The molecule has 13 heavy (non-hydrogen) atoms. The number of hydrogen-bond acceptors (Lipinski definition) is 1. The molecule has 0 aliphatic rings. The maximum absolute atomic E-state index is 6.06. The monoisotopic (exact) mass is 275 g/mol. The molecule has 0 radical (unpaired) electrons. The largest absolute Gasteiger partial charge is 0.244 e. The molecule has 1 aromatic heterocycles. The molecule has 0 aliphatic carbocycles. The second-order valence-corrected chi connectivity index (χ2v) is 4.15. The third-order valence-corrected chi connectivity index (χ3v) is 3.38. The van der Waals surface area contributed by atoms with Crippen molar-refractivity contribution in [3.63, 3.8) is 0 Å². The highest BCUT2D eigenvalue weighted by Crippen LogP contribution is 2.32. The molecular weight excluding hydrogens is 273 g/mol. The predicted molar refractivity (Wildman–Crippen MR) is 59.5 cm³/mol. The summed E-state index contributed by atoms with van der Waals surface area (Å²) in [5.74, 6) is 0. The number of fused-ring (bicyclic) bond motifs is 1. The Morgan fingerprint density at radius 1 is 1.08 bits per heavy atom. The van der Waals surface area contributed by atoms with Crippen LogP contribution in [0.2, 0.25) is 10.2 Å². The lowest BCUT2D eigenvalue weighted by Gasteiger charge is -2.02. The second-order valence-electron chi connectivity index (χ2n) is 2.56. The van der Waals surface area contributed by atoms with Crippen LogP contribution in [0.4, 0.5) is 0 Å². The number of nitrogens with zero attached hydrogens (tertiary/aromatic N) is 1. The van der Waals surface area contributed by atoms with Crippen molar-refractivity contribution in [1.82, 2.24) is 4.98 Å². The van der Waals surface area contributed by atoms with Crippen molar-refractivity contribution in [3.05, 3.63) is 39.0 Å². The Morgan fingerprint density at radius 3 is 2.62 bits per heavy atom. The molecule has 0 saturated carbocycles. The normalized spacial score (nSPS) is 10.7. The molecule has 2 rings (SSSR count). The van der Waals surface area contributed by atoms with Crippen molar-refractivity contribution in [2.75, 3.05) is 0 Å². The van der Waals surface area contributed by atoms with Crippen LogP contribution in [-0.2, 0) is 0 Å². The highest BCUT2D eigenvalue weighted by atomic mass is 79.9. The maximum Gasteiger partial charge on any atom is 0.136 e. The highest BCUT2D eigenvalue weighted by Gasteiger charge is 2.05. The molecule has 0 bridgehead atoms. The van der Waals surface area contributed by atoms with Crippen molar-refractivity contribution in [3.8, 4) is 0 Å². The minimum atomic E-state index is 0.479. The summed E-state index contributed by atoms with van der Waals surface area (Å²) in [5.41, 5.74) is 0. The van der Waals surface area contributed by atoms with Gasteiger partial charge in [-0.15, -0.1) is 0 Å². The van der Waals surface area contributed by atoms with Crippen LogP contribution in [0.25, 0.3) is 10.8 Å². The summed E-state index contributed by atoms with van der Waals surface area (Å²) in [6, 6.07) is 5.59. The molecule has 0 atom stereocenters. The van der Waals surface area contributed by atoms with Crippen LogP contribution in [0, 0.1) is 0 Å². The summed E-state index contributed by atoms with van der Waals surface area (Å²) in [5, 5.41) is 2.93. The van der Waals surface area contributed by atoms with E-state index in [0.29, 0.717) is 10.2 Å². The molecule has 0 unspecified atom stereocenters. The fourth-order valence-electron chi connectivity index (χ4n) is 1.16. The Morgan fingerprint density at radius 2 is 1.85 bits per heavy atom. The Labute approximate surface area is 93.8 Å². The van der Waals surface area contributed by atoms with Crippen LogP contribution >= 0.6 is 39.1 Å². The number of aromatic nitrogens is 1. The highest BCUT2D eigenvalue weighted by molar-refractivity contribution is 9.10. The van der Waals surface area contributed by atoms with Gasteiger partial charge in [-0.2, -0.15) is 0 Å². The van der Waals surface area contributed by atoms with Crippen LogP contribution in [0.1, 0.15) is 0 Å². The molecule has 0 aliphatic heterocycles. The lowest BCUT2D eigenvalue weighted by molar-refractivity contribution is 1.36. The van der Waals surface area contributed by atoms with E-state index in [2.05, 4.69) is 20.9 Å². The number of halogens is 3. The number of benzene rings is 1. The first kappa shape index (κ1) is 9.25. The SMILES string of the molecule is Clc1nccc2c(Cl)c(Br)ccc12. The smallest absolute Gasteiger partial charge is 0.136 e. The Kier molecular flexibility index (Phi) is 2.45. The van der Waals surface area contributed by atoms with Gasteiger partial charge in [0.1, 0.15) is 5.15 Å². The van der Waals surface area contributed by atoms with Crippen molar-refractivity contribution in [2.45, 2.75) is 0 Å². The maximum atomic E-state index is 6.06. The fraction of sp³-hybridized carbons (Fsp3) is 0. The number of pyridine rings is 1. The fourth-order valence-corrected chi connectivity index (χ4v) is 1.95. The van der Waals surface area contributed by atoms with Gasteiger partial charge in [-0.25, -0.2) is 4.98 Å². The van der Waals surface area contributed by atoms with Crippen LogP contribution in [-0.4, -0.2) is 4.98 Å². The van der Waals surface area contributed by atoms with Gasteiger partial charge in [0.15, 0.2) is 0 Å². The van der Waals surface area contributed by atoms with E-state index >= 15 is 0 Å². The number of rotatable bonds is 0. The zero-order valence-corrected chi connectivity index (χ0v) is 9.49. The van der Waals surface area contributed by atoms with E-state index < -0.39 is 0 Å². The molecule has 1 nitrogen and oxygen atoms in total. The Hall–Kier alpha value is -0.310. The third-order valence-electron chi connectivity index (χ3n) is 1.78. The minimum absolute atomic E-state index is 0.479. The van der Waals surface area contributed by atoms with E-state index in [1.54, 1.807) is 6.20 Å². The summed E-state index contributed by atoms with van der Waals surface area (Å²) in [4.78, 5) is 3.97. The summed E-state index contributed by atoms with van der Waals surface area (Å²) in [7, 11) is 0. The van der Waals surface area contributed by atoms with Gasteiger partial charge in [-0.05, 0) is 28.1 Å². The molecule has 66 valence electrons. The standard InChI is InChI=1S/C9H4BrCl2N/c10-7-2-1-6-5(8(7)11)3-4-13-9(6)12/h1-4H. The number of hydrogen-bond donors (Lipinski definition) is 0. The molecule has 1 aromatic carbocycles. The average Bonchev–Trinajstić information content (AvgIpc) is 2.12. The first-order valence-electron chi connectivity index (χ1n) is 3.58. The molecule has 0 saturated heterocycles. The summed E-state index contributed by atoms with van der Waals surface area (Å²) >= 11 is 15.3. The average molecular weight is 277 g/mol. The zero-order valence-electron chi connectivity index (χ0n) is 6.39. The third kappa shape index (κ3) is 1.54. The van der Waals surface area contributed by atoms with Gasteiger partial charge >= 0.3 is 0 Å². The molecule has 2 aromatic rings. The van der Waals surface area contributed by atoms with Crippen LogP contribution in [0.3, 0.4) is 0 Å². The van der Waals surface area contributed by atoms with Gasteiger partial charge in [0.25, 0.3) is 0 Å². The Balaban J connectivity index is 2.94. The quantitative estimate of drug-likeness (QED) is 0.654. The van der Waals surface area contributed by atoms with Crippen LogP contribution < -0.4 is 0 Å². The van der Waals surface area contributed by atoms with Gasteiger partial charge in [0.05, 0.1) is 5.02 Å². The molecule has 0 N–H and O–H groups in total. The molecule has 4 heteroatoms. The van der Waals surface area contributed by atoms with Crippen LogP contribution in [0.5, 0.6) is 0 Å². The van der Waals surface area contributed by atoms with E-state index in [9.17, 15) is 0 Å². The molecular formula is C9H4BrCl2N. The van der Waals surface area contributed by atoms with Gasteiger partial charge in [0.2, 0.25) is 0 Å². The van der Waals surface area contributed by atoms with Crippen molar-refractivity contribution in [1.29, 1.82) is 0 Å². The Bertz CT molecular complexity index is 470. The second kappa shape index (κ2) is 3.45. The van der Waals surface area contributed by atoms with E-state index in [0.717, 1.165) is 15.2 Å². The van der Waals surface area contributed by atoms with Gasteiger partial charge in [-0.3, -0.25) is 0 Å². The summed E-state index contributed by atoms with van der Waals surface area (Å²) in [6.07, 6.45) is 1.64. The lowest BCUT2D eigenvalue weighted by Crippen LogP contribution is -1.80. The van der Waals surface area contributed by atoms with Gasteiger partial charge in [0, 0.05) is 21.4 Å². The van der Waals surface area contributed by atoms with Gasteiger partial charge in [-0.1, -0.05) is 29.3 Å². The topological polar surface area (TPSA) is 12.9 Å². The van der Waals surface area contributed by atoms with Crippen molar-refractivity contribution in [2.24, 2.45) is 0 Å². The van der Waals surface area contributed by atoms with Crippen molar-refractivity contribution >= 4 is 49.9 Å². The van der Waals surface area contributed by atoms with E-state index in [1.165, 1.54) is 0 Å². The van der Waals surface area contributed by atoms with Crippen LogP contribution in [0.15, 0.2) is 28.9 Å². The van der Waals surface area contributed by atoms with Gasteiger partial charge < -0.3 is 0 Å². The summed E-state index contributed by atoms with van der Waals surface area (Å²) in [6.45, 7) is 0.